The highest BCUT2D eigenvalue weighted by Gasteiger charge is 2.14. The molecule has 0 aliphatic rings. The summed E-state index contributed by atoms with van der Waals surface area (Å²) in [4.78, 5) is 6.78. The smallest absolute Gasteiger partial charge is 0.193 e. The molecule has 0 aromatic heterocycles. The number of methoxy groups -OCH3 is 1. The highest BCUT2D eigenvalue weighted by molar-refractivity contribution is 14.0. The lowest BCUT2D eigenvalue weighted by molar-refractivity contribution is 0.414. The highest BCUT2D eigenvalue weighted by atomic mass is 127. The van der Waals surface area contributed by atoms with Gasteiger partial charge in [-0.05, 0) is 36.8 Å². The average molecular weight is 517 g/mol. The molecule has 0 atom stereocenters. The number of hydrogen-bond acceptors (Lipinski definition) is 4. The summed E-state index contributed by atoms with van der Waals surface area (Å²) in [5.41, 5.74) is 1.11. The molecule has 0 radical (unpaired) electrons. The number of nitrogens with zero attached hydrogens (tertiary/aromatic N) is 2. The third-order valence-electron chi connectivity index (χ3n) is 4.00. The quantitative estimate of drug-likeness (QED) is 0.331. The van der Waals surface area contributed by atoms with Gasteiger partial charge in [0, 0.05) is 20.1 Å². The van der Waals surface area contributed by atoms with Crippen LogP contribution in [0.4, 0.5) is 0 Å². The Labute approximate surface area is 184 Å². The zero-order valence-corrected chi connectivity index (χ0v) is 19.6. The number of benzene rings is 2. The number of hydrogen-bond donors (Lipinski definition) is 1. The minimum atomic E-state index is -3.33. The summed E-state index contributed by atoms with van der Waals surface area (Å²) < 4.78 is 29.9. The van der Waals surface area contributed by atoms with Crippen molar-refractivity contribution in [1.29, 1.82) is 0 Å². The van der Waals surface area contributed by atoms with Gasteiger partial charge in [-0.1, -0.05) is 30.3 Å². The Bertz CT molecular complexity index is 841. The van der Waals surface area contributed by atoms with E-state index < -0.39 is 9.84 Å². The third-order valence-corrected chi connectivity index (χ3v) is 5.71. The molecular formula is C20H28IN3O3S. The molecule has 0 spiro atoms. The van der Waals surface area contributed by atoms with Crippen LogP contribution in [0.15, 0.2) is 64.5 Å². The van der Waals surface area contributed by atoms with Gasteiger partial charge in [0.2, 0.25) is 0 Å². The molecule has 0 aliphatic heterocycles. The molecule has 0 fully saturated rings. The second-order valence-electron chi connectivity index (χ2n) is 6.07. The Morgan fingerprint density at radius 3 is 2.32 bits per heavy atom. The SMILES string of the molecule is CCNC(=NCCS(=O)(=O)c1ccccc1)N(C)Cc1ccc(OC)cc1.I. The van der Waals surface area contributed by atoms with Gasteiger partial charge in [-0.2, -0.15) is 0 Å². The second-order valence-corrected chi connectivity index (χ2v) is 8.18. The lowest BCUT2D eigenvalue weighted by Crippen LogP contribution is -2.38. The van der Waals surface area contributed by atoms with Crippen LogP contribution in [0.2, 0.25) is 0 Å². The van der Waals surface area contributed by atoms with E-state index in [-0.39, 0.29) is 36.3 Å². The molecule has 0 bridgehead atoms. The van der Waals surface area contributed by atoms with Gasteiger partial charge in [0.1, 0.15) is 5.75 Å². The minimum Gasteiger partial charge on any atom is -0.497 e. The van der Waals surface area contributed by atoms with E-state index in [0.29, 0.717) is 23.9 Å². The van der Waals surface area contributed by atoms with E-state index in [1.54, 1.807) is 37.4 Å². The third kappa shape index (κ3) is 7.31. The van der Waals surface area contributed by atoms with E-state index in [4.69, 9.17) is 4.74 Å². The number of halogens is 1. The van der Waals surface area contributed by atoms with Crippen LogP contribution in [-0.2, 0) is 16.4 Å². The maximum atomic E-state index is 12.4. The van der Waals surface area contributed by atoms with Crippen LogP contribution in [0.1, 0.15) is 12.5 Å². The summed E-state index contributed by atoms with van der Waals surface area (Å²) in [7, 11) is 0.237. The van der Waals surface area contributed by atoms with Gasteiger partial charge in [0.15, 0.2) is 15.8 Å². The van der Waals surface area contributed by atoms with Crippen molar-refractivity contribution in [3.8, 4) is 5.75 Å². The fourth-order valence-electron chi connectivity index (χ4n) is 2.57. The topological polar surface area (TPSA) is 71.0 Å². The van der Waals surface area contributed by atoms with Crippen LogP contribution in [0.3, 0.4) is 0 Å². The summed E-state index contributed by atoms with van der Waals surface area (Å²) in [6.07, 6.45) is 0. The van der Waals surface area contributed by atoms with Gasteiger partial charge in [0.25, 0.3) is 0 Å². The average Bonchev–Trinajstić information content (AvgIpc) is 2.68. The van der Waals surface area contributed by atoms with Crippen molar-refractivity contribution in [2.24, 2.45) is 4.99 Å². The van der Waals surface area contributed by atoms with Gasteiger partial charge in [-0.3, -0.25) is 4.99 Å². The number of rotatable bonds is 8. The van der Waals surface area contributed by atoms with Crippen molar-refractivity contribution in [2.45, 2.75) is 18.4 Å². The fourth-order valence-corrected chi connectivity index (χ4v) is 3.71. The number of nitrogens with one attached hydrogen (secondary N) is 1. The van der Waals surface area contributed by atoms with Crippen LogP contribution in [0.5, 0.6) is 5.75 Å². The molecular weight excluding hydrogens is 489 g/mol. The Hall–Kier alpha value is -1.81. The first-order valence-corrected chi connectivity index (χ1v) is 10.5. The Morgan fingerprint density at radius 2 is 1.75 bits per heavy atom. The van der Waals surface area contributed by atoms with Crippen LogP contribution in [-0.4, -0.2) is 52.3 Å². The number of guanidine groups is 1. The van der Waals surface area contributed by atoms with Gasteiger partial charge in [-0.25, -0.2) is 8.42 Å². The van der Waals surface area contributed by atoms with Crippen LogP contribution in [0.25, 0.3) is 0 Å². The summed E-state index contributed by atoms with van der Waals surface area (Å²) in [6.45, 7) is 3.54. The number of ether oxygens (including phenoxy) is 1. The standard InChI is InChI=1S/C20H27N3O3S.HI/c1-4-21-20(23(2)16-17-10-12-18(26-3)13-11-17)22-14-15-27(24,25)19-8-6-5-7-9-19;/h5-13H,4,14-16H2,1-3H3,(H,21,22);1H. The van der Waals surface area contributed by atoms with Gasteiger partial charge in [0.05, 0.1) is 24.3 Å². The fraction of sp³-hybridized carbons (Fsp3) is 0.350. The first-order valence-electron chi connectivity index (χ1n) is 8.86. The molecule has 8 heteroatoms. The van der Waals surface area contributed by atoms with Crippen molar-refractivity contribution in [3.05, 3.63) is 60.2 Å². The normalized spacial score (nSPS) is 11.5. The summed E-state index contributed by atoms with van der Waals surface area (Å²) in [5, 5.41) is 3.21. The molecule has 0 saturated carbocycles. The summed E-state index contributed by atoms with van der Waals surface area (Å²) >= 11 is 0. The first kappa shape index (κ1) is 24.2. The molecule has 0 amide bonds. The molecule has 0 heterocycles. The van der Waals surface area contributed by atoms with Crippen molar-refractivity contribution in [2.75, 3.05) is 33.0 Å². The minimum absolute atomic E-state index is 0. The Balaban J connectivity index is 0.00000392. The zero-order chi connectivity index (χ0) is 19.7. The Morgan fingerprint density at radius 1 is 1.11 bits per heavy atom. The van der Waals surface area contributed by atoms with E-state index in [9.17, 15) is 8.42 Å². The van der Waals surface area contributed by atoms with E-state index >= 15 is 0 Å². The van der Waals surface area contributed by atoms with Gasteiger partial charge >= 0.3 is 0 Å². The molecule has 0 saturated heterocycles. The maximum Gasteiger partial charge on any atom is 0.193 e. The monoisotopic (exact) mass is 517 g/mol. The lowest BCUT2D eigenvalue weighted by atomic mass is 10.2. The predicted octanol–water partition coefficient (Wildman–Crippen LogP) is 3.18. The molecule has 2 aromatic carbocycles. The molecule has 6 nitrogen and oxygen atoms in total. The Kier molecular flexibility index (Phi) is 10.3. The molecule has 0 aliphatic carbocycles. The number of sulfone groups is 1. The largest absolute Gasteiger partial charge is 0.497 e. The van der Waals surface area contributed by atoms with Crippen molar-refractivity contribution >= 4 is 39.8 Å². The van der Waals surface area contributed by atoms with Crippen molar-refractivity contribution < 1.29 is 13.2 Å². The predicted molar refractivity (Wildman–Crippen MR) is 124 cm³/mol. The van der Waals surface area contributed by atoms with Crippen LogP contribution < -0.4 is 10.1 Å². The molecule has 2 rings (SSSR count). The zero-order valence-electron chi connectivity index (χ0n) is 16.5. The molecule has 28 heavy (non-hydrogen) atoms. The van der Waals surface area contributed by atoms with Gasteiger partial charge in [-0.15, -0.1) is 24.0 Å². The first-order chi connectivity index (χ1) is 13.0. The molecule has 0 unspecified atom stereocenters. The van der Waals surface area contributed by atoms with Crippen molar-refractivity contribution in [1.82, 2.24) is 10.2 Å². The van der Waals surface area contributed by atoms with Crippen molar-refractivity contribution in [3.63, 3.8) is 0 Å². The van der Waals surface area contributed by atoms with Crippen LogP contribution >= 0.6 is 24.0 Å². The molecule has 1 N–H and O–H groups in total. The summed E-state index contributed by atoms with van der Waals surface area (Å²) in [6, 6.07) is 16.3. The molecule has 154 valence electrons. The molecule has 2 aromatic rings. The van der Waals surface area contributed by atoms with E-state index in [0.717, 1.165) is 11.3 Å². The maximum absolute atomic E-state index is 12.4. The summed E-state index contributed by atoms with van der Waals surface area (Å²) in [5.74, 6) is 1.46. The van der Waals surface area contributed by atoms with E-state index in [2.05, 4.69) is 10.3 Å². The number of aliphatic imine (C=N–C) groups is 1. The van der Waals surface area contributed by atoms with E-state index in [1.165, 1.54) is 0 Å². The van der Waals surface area contributed by atoms with E-state index in [1.807, 2.05) is 43.1 Å². The highest BCUT2D eigenvalue weighted by Crippen LogP contribution is 2.13. The second kappa shape index (κ2) is 11.9. The van der Waals surface area contributed by atoms with Gasteiger partial charge < -0.3 is 15.0 Å². The van der Waals surface area contributed by atoms with Crippen LogP contribution in [0, 0.1) is 0 Å². The lowest BCUT2D eigenvalue weighted by Gasteiger charge is -2.22.